The molecule has 0 saturated carbocycles. The lowest BCUT2D eigenvalue weighted by Crippen LogP contribution is -2.27. The van der Waals surface area contributed by atoms with Gasteiger partial charge in [0, 0.05) is 0 Å². The maximum atomic E-state index is 11.8. The molecule has 22 heavy (non-hydrogen) atoms. The minimum atomic E-state index is -1.10. The minimum absolute atomic E-state index is 0.0521. The molecule has 4 N–H and O–H groups in total. The zero-order valence-corrected chi connectivity index (χ0v) is 11.6. The molecule has 0 aliphatic heterocycles. The fourth-order valence-electron chi connectivity index (χ4n) is 1.92. The Morgan fingerprint density at radius 3 is 2.59 bits per heavy atom. The highest BCUT2D eigenvalue weighted by molar-refractivity contribution is 6.03. The highest BCUT2D eigenvalue weighted by Gasteiger charge is 2.14. The van der Waals surface area contributed by atoms with E-state index in [0.29, 0.717) is 12.1 Å². The van der Waals surface area contributed by atoms with Crippen molar-refractivity contribution in [3.8, 4) is 5.88 Å². The lowest BCUT2D eigenvalue weighted by atomic mass is 10.1. The molecule has 1 heterocycles. The lowest BCUT2D eigenvalue weighted by Gasteiger charge is -2.05. The van der Waals surface area contributed by atoms with E-state index >= 15 is 0 Å². The summed E-state index contributed by atoms with van der Waals surface area (Å²) in [5, 5.41) is 18.7. The molecule has 0 unspecified atom stereocenters. The molecule has 8 heteroatoms. The Balaban J connectivity index is 2.58. The van der Waals surface area contributed by atoms with Gasteiger partial charge in [0.1, 0.15) is 5.56 Å². The molecule has 2 rings (SSSR count). The Labute approximate surface area is 123 Å². The van der Waals surface area contributed by atoms with Gasteiger partial charge in [0.15, 0.2) is 0 Å². The number of aromatic carboxylic acids is 1. The maximum Gasteiger partial charge on any atom is 0.335 e. The van der Waals surface area contributed by atoms with Crippen molar-refractivity contribution in [1.82, 2.24) is 9.97 Å². The Hall–Kier alpha value is -3.16. The molecule has 0 aliphatic rings. The van der Waals surface area contributed by atoms with Crippen molar-refractivity contribution >= 4 is 17.4 Å². The molecule has 0 fully saturated rings. The topological polar surface area (TPSA) is 136 Å². The monoisotopic (exact) mass is 303 g/mol. The van der Waals surface area contributed by atoms with Gasteiger partial charge in [0.25, 0.3) is 5.56 Å². The van der Waals surface area contributed by atoms with E-state index in [-0.39, 0.29) is 16.8 Å². The van der Waals surface area contributed by atoms with E-state index in [1.807, 2.05) is 4.98 Å². The number of carbonyl (C=O) groups is 1. The first-order valence-electron chi connectivity index (χ1n) is 6.39. The molecule has 0 amide bonds. The SMILES string of the molecule is CCC(=Nc1cccc(C(=O)O)c1)c1c(O)[nH]c(=O)[nH]c1=O. The fraction of sp³-hybridized carbons (Fsp3) is 0.143. The van der Waals surface area contributed by atoms with Crippen LogP contribution >= 0.6 is 0 Å². The molecule has 0 spiro atoms. The van der Waals surface area contributed by atoms with E-state index in [4.69, 9.17) is 5.11 Å². The Morgan fingerprint density at radius 2 is 2.00 bits per heavy atom. The van der Waals surface area contributed by atoms with E-state index in [9.17, 15) is 19.5 Å². The molecular formula is C14H13N3O5. The van der Waals surface area contributed by atoms with Gasteiger partial charge in [0.2, 0.25) is 5.88 Å². The quantitative estimate of drug-likeness (QED) is 0.625. The minimum Gasteiger partial charge on any atom is -0.494 e. The number of aromatic hydroxyl groups is 1. The summed E-state index contributed by atoms with van der Waals surface area (Å²) in [5.74, 6) is -1.68. The average molecular weight is 303 g/mol. The summed E-state index contributed by atoms with van der Waals surface area (Å²) in [7, 11) is 0. The van der Waals surface area contributed by atoms with Gasteiger partial charge in [-0.15, -0.1) is 0 Å². The van der Waals surface area contributed by atoms with Crippen LogP contribution in [0.25, 0.3) is 0 Å². The van der Waals surface area contributed by atoms with E-state index in [1.54, 1.807) is 13.0 Å². The van der Waals surface area contributed by atoms with Gasteiger partial charge in [0.05, 0.1) is 17.0 Å². The van der Waals surface area contributed by atoms with Gasteiger partial charge in [-0.2, -0.15) is 0 Å². The number of nitrogens with zero attached hydrogens (tertiary/aromatic N) is 1. The summed E-state index contributed by atoms with van der Waals surface area (Å²) >= 11 is 0. The number of aliphatic imine (C=N–C) groups is 1. The first-order chi connectivity index (χ1) is 10.4. The largest absolute Gasteiger partial charge is 0.494 e. The molecule has 1 aromatic carbocycles. The third kappa shape index (κ3) is 3.11. The smallest absolute Gasteiger partial charge is 0.335 e. The molecular weight excluding hydrogens is 290 g/mol. The number of aromatic amines is 2. The maximum absolute atomic E-state index is 11.8. The van der Waals surface area contributed by atoms with Gasteiger partial charge in [-0.05, 0) is 24.6 Å². The van der Waals surface area contributed by atoms with Gasteiger partial charge < -0.3 is 10.2 Å². The van der Waals surface area contributed by atoms with Crippen LogP contribution in [0.15, 0.2) is 38.8 Å². The average Bonchev–Trinajstić information content (AvgIpc) is 2.45. The molecule has 2 aromatic rings. The van der Waals surface area contributed by atoms with Crippen molar-refractivity contribution < 1.29 is 15.0 Å². The summed E-state index contributed by atoms with van der Waals surface area (Å²) in [4.78, 5) is 42.1. The summed E-state index contributed by atoms with van der Waals surface area (Å²) in [5.41, 5.74) is -1.15. The molecule has 114 valence electrons. The molecule has 0 atom stereocenters. The van der Waals surface area contributed by atoms with Crippen LogP contribution in [-0.4, -0.2) is 31.9 Å². The lowest BCUT2D eigenvalue weighted by molar-refractivity contribution is 0.0697. The molecule has 8 nitrogen and oxygen atoms in total. The van der Waals surface area contributed by atoms with E-state index in [1.165, 1.54) is 18.2 Å². The first-order valence-corrected chi connectivity index (χ1v) is 6.39. The van der Waals surface area contributed by atoms with Crippen LogP contribution in [0.2, 0.25) is 0 Å². The number of rotatable bonds is 4. The number of aromatic nitrogens is 2. The number of nitrogens with one attached hydrogen (secondary N) is 2. The molecule has 0 aliphatic carbocycles. The first kappa shape index (κ1) is 15.2. The van der Waals surface area contributed by atoms with Gasteiger partial charge in [-0.3, -0.25) is 19.8 Å². The van der Waals surface area contributed by atoms with E-state index in [0.717, 1.165) is 0 Å². The third-order valence-corrected chi connectivity index (χ3v) is 2.90. The van der Waals surface area contributed by atoms with Crippen molar-refractivity contribution in [2.45, 2.75) is 13.3 Å². The highest BCUT2D eigenvalue weighted by Crippen LogP contribution is 2.18. The van der Waals surface area contributed by atoms with Crippen LogP contribution in [0.3, 0.4) is 0 Å². The second-order valence-corrected chi connectivity index (χ2v) is 4.40. The highest BCUT2D eigenvalue weighted by atomic mass is 16.4. The standard InChI is InChI=1S/C14H13N3O5/c1-2-9(10-11(18)16-14(22)17-12(10)19)15-8-5-3-4-7(6-8)13(20)21/h3-6H,2H2,1H3,(H,20,21)(H3,16,17,18,19,22). The number of carboxylic acid groups (broad SMARTS) is 1. The Kier molecular flexibility index (Phi) is 4.21. The number of carboxylic acids is 1. The van der Waals surface area contributed by atoms with Gasteiger partial charge in [-0.1, -0.05) is 13.0 Å². The normalized spacial score (nSPS) is 11.4. The van der Waals surface area contributed by atoms with Crippen LogP contribution in [-0.2, 0) is 0 Å². The predicted octanol–water partition coefficient (Wildman–Crippen LogP) is 0.998. The summed E-state index contributed by atoms with van der Waals surface area (Å²) in [6.07, 6.45) is 0.292. The molecule has 0 saturated heterocycles. The number of hydrogen-bond donors (Lipinski definition) is 4. The summed E-state index contributed by atoms with van der Waals surface area (Å²) in [6, 6.07) is 5.84. The number of benzene rings is 1. The molecule has 1 aromatic heterocycles. The van der Waals surface area contributed by atoms with Gasteiger partial charge >= 0.3 is 11.7 Å². The van der Waals surface area contributed by atoms with Crippen molar-refractivity contribution in [2.24, 2.45) is 4.99 Å². The van der Waals surface area contributed by atoms with Crippen molar-refractivity contribution in [3.05, 3.63) is 56.2 Å². The van der Waals surface area contributed by atoms with Crippen molar-refractivity contribution in [2.75, 3.05) is 0 Å². The van der Waals surface area contributed by atoms with Gasteiger partial charge in [-0.25, -0.2) is 9.59 Å². The number of hydrogen-bond acceptors (Lipinski definition) is 5. The second-order valence-electron chi connectivity index (χ2n) is 4.40. The van der Waals surface area contributed by atoms with E-state index in [2.05, 4.69) is 9.98 Å². The van der Waals surface area contributed by atoms with E-state index < -0.39 is 23.1 Å². The Morgan fingerprint density at radius 1 is 1.27 bits per heavy atom. The van der Waals surface area contributed by atoms with Crippen LogP contribution in [0.4, 0.5) is 5.69 Å². The van der Waals surface area contributed by atoms with Crippen LogP contribution in [0.1, 0.15) is 29.3 Å². The fourth-order valence-corrected chi connectivity index (χ4v) is 1.92. The zero-order valence-electron chi connectivity index (χ0n) is 11.6. The summed E-state index contributed by atoms with van der Waals surface area (Å²) < 4.78 is 0. The van der Waals surface area contributed by atoms with Crippen LogP contribution in [0, 0.1) is 0 Å². The van der Waals surface area contributed by atoms with Crippen molar-refractivity contribution in [3.63, 3.8) is 0 Å². The van der Waals surface area contributed by atoms with Crippen LogP contribution in [0.5, 0.6) is 5.88 Å². The molecule has 0 radical (unpaired) electrons. The third-order valence-electron chi connectivity index (χ3n) is 2.90. The predicted molar refractivity (Wildman–Crippen MR) is 79.2 cm³/mol. The number of H-pyrrole nitrogens is 2. The molecule has 0 bridgehead atoms. The summed E-state index contributed by atoms with van der Waals surface area (Å²) in [6.45, 7) is 1.71. The second kappa shape index (κ2) is 6.08. The van der Waals surface area contributed by atoms with Crippen LogP contribution < -0.4 is 11.2 Å². The Bertz CT molecular complexity index is 863. The van der Waals surface area contributed by atoms with Crippen molar-refractivity contribution in [1.29, 1.82) is 0 Å². The zero-order chi connectivity index (χ0) is 16.3.